The van der Waals surface area contributed by atoms with Crippen molar-refractivity contribution < 1.29 is 0 Å². The summed E-state index contributed by atoms with van der Waals surface area (Å²) in [6, 6.07) is 6.37. The second-order valence-corrected chi connectivity index (χ2v) is 5.37. The predicted molar refractivity (Wildman–Crippen MR) is 70.4 cm³/mol. The predicted octanol–water partition coefficient (Wildman–Crippen LogP) is 3.92. The minimum atomic E-state index is 0.634. The molecule has 2 rings (SSSR count). The van der Waals surface area contributed by atoms with Crippen LogP contribution in [0.4, 0.5) is 0 Å². The zero-order valence-corrected chi connectivity index (χ0v) is 11.0. The van der Waals surface area contributed by atoms with Gasteiger partial charge in [-0.1, -0.05) is 29.6 Å². The molecule has 1 N–H and O–H groups in total. The van der Waals surface area contributed by atoms with E-state index in [9.17, 15) is 0 Å². The Morgan fingerprint density at radius 1 is 1.31 bits per heavy atom. The molecule has 1 saturated carbocycles. The lowest BCUT2D eigenvalue weighted by atomic mass is 9.95. The molecule has 0 radical (unpaired) electrons. The van der Waals surface area contributed by atoms with Crippen LogP contribution in [-0.4, -0.2) is 13.1 Å². The van der Waals surface area contributed by atoms with Crippen LogP contribution in [0.15, 0.2) is 18.2 Å². The number of hydrogen-bond donors (Lipinski definition) is 1. The minimum Gasteiger partial charge on any atom is -0.317 e. The number of nitrogens with one attached hydrogen (secondary N) is 1. The largest absolute Gasteiger partial charge is 0.317 e. The highest BCUT2D eigenvalue weighted by molar-refractivity contribution is 6.33. The average molecular weight is 258 g/mol. The van der Waals surface area contributed by atoms with E-state index in [0.717, 1.165) is 16.5 Å². The van der Waals surface area contributed by atoms with Crippen molar-refractivity contribution in [2.75, 3.05) is 7.05 Å². The Morgan fingerprint density at radius 3 is 2.88 bits per heavy atom. The normalized spacial score (nSPS) is 24.9. The van der Waals surface area contributed by atoms with Gasteiger partial charge in [0.25, 0.3) is 0 Å². The van der Waals surface area contributed by atoms with E-state index in [1.54, 1.807) is 0 Å². The first-order valence-electron chi connectivity index (χ1n) is 5.82. The second kappa shape index (κ2) is 5.39. The molecule has 0 amide bonds. The summed E-state index contributed by atoms with van der Waals surface area (Å²) in [4.78, 5) is 0. The summed E-state index contributed by atoms with van der Waals surface area (Å²) in [7, 11) is 2.04. The van der Waals surface area contributed by atoms with Crippen molar-refractivity contribution in [1.29, 1.82) is 0 Å². The van der Waals surface area contributed by atoms with Gasteiger partial charge in [0.1, 0.15) is 0 Å². The fourth-order valence-electron chi connectivity index (χ4n) is 2.64. The van der Waals surface area contributed by atoms with Gasteiger partial charge in [0.05, 0.1) is 0 Å². The zero-order chi connectivity index (χ0) is 11.5. The standard InChI is InChI=1S/C13H17Cl2N/c1-16-13-4-2-3-9(13)7-10-8-11(14)5-6-12(10)15/h5-6,8-9,13,16H,2-4,7H2,1H3. The first kappa shape index (κ1) is 12.2. The topological polar surface area (TPSA) is 12.0 Å². The maximum Gasteiger partial charge on any atom is 0.0439 e. The molecule has 0 bridgehead atoms. The Labute approximate surface area is 107 Å². The molecule has 16 heavy (non-hydrogen) atoms. The van der Waals surface area contributed by atoms with Gasteiger partial charge in [0.2, 0.25) is 0 Å². The summed E-state index contributed by atoms with van der Waals surface area (Å²) < 4.78 is 0. The van der Waals surface area contributed by atoms with Gasteiger partial charge in [-0.25, -0.2) is 0 Å². The zero-order valence-electron chi connectivity index (χ0n) is 9.47. The third kappa shape index (κ3) is 2.71. The Morgan fingerprint density at radius 2 is 2.12 bits per heavy atom. The van der Waals surface area contributed by atoms with Crippen molar-refractivity contribution in [3.8, 4) is 0 Å². The van der Waals surface area contributed by atoms with Gasteiger partial charge < -0.3 is 5.32 Å². The smallest absolute Gasteiger partial charge is 0.0439 e. The molecule has 88 valence electrons. The van der Waals surface area contributed by atoms with Crippen molar-refractivity contribution in [1.82, 2.24) is 5.32 Å². The number of hydrogen-bond acceptors (Lipinski definition) is 1. The first-order valence-corrected chi connectivity index (χ1v) is 6.57. The van der Waals surface area contributed by atoms with Crippen LogP contribution < -0.4 is 5.32 Å². The summed E-state index contributed by atoms with van der Waals surface area (Å²) in [5.41, 5.74) is 1.18. The van der Waals surface area contributed by atoms with Crippen LogP contribution in [0, 0.1) is 5.92 Å². The van der Waals surface area contributed by atoms with Crippen LogP contribution in [0.1, 0.15) is 24.8 Å². The maximum atomic E-state index is 6.19. The van der Waals surface area contributed by atoms with Crippen LogP contribution >= 0.6 is 23.2 Å². The molecular formula is C13H17Cl2N. The van der Waals surface area contributed by atoms with E-state index < -0.39 is 0 Å². The summed E-state index contributed by atoms with van der Waals surface area (Å²) in [5.74, 6) is 0.695. The van der Waals surface area contributed by atoms with E-state index >= 15 is 0 Å². The van der Waals surface area contributed by atoms with Crippen molar-refractivity contribution in [2.45, 2.75) is 31.7 Å². The Bertz CT molecular complexity index is 365. The molecule has 2 atom stereocenters. The molecule has 0 aliphatic heterocycles. The molecule has 3 heteroatoms. The molecule has 1 aromatic rings. The monoisotopic (exact) mass is 257 g/mol. The van der Waals surface area contributed by atoms with Gasteiger partial charge in [0, 0.05) is 16.1 Å². The maximum absolute atomic E-state index is 6.19. The SMILES string of the molecule is CNC1CCCC1Cc1cc(Cl)ccc1Cl. The van der Waals surface area contributed by atoms with Gasteiger partial charge >= 0.3 is 0 Å². The third-order valence-electron chi connectivity index (χ3n) is 3.52. The Kier molecular flexibility index (Phi) is 4.12. The molecular weight excluding hydrogens is 241 g/mol. The van der Waals surface area contributed by atoms with E-state index in [1.165, 1.54) is 24.8 Å². The van der Waals surface area contributed by atoms with Crippen LogP contribution in [0.5, 0.6) is 0 Å². The van der Waals surface area contributed by atoms with Crippen LogP contribution in [-0.2, 0) is 6.42 Å². The van der Waals surface area contributed by atoms with Crippen molar-refractivity contribution in [3.05, 3.63) is 33.8 Å². The molecule has 0 aromatic heterocycles. The van der Waals surface area contributed by atoms with E-state index in [-0.39, 0.29) is 0 Å². The third-order valence-corrected chi connectivity index (χ3v) is 4.12. The van der Waals surface area contributed by atoms with Gasteiger partial charge in [-0.3, -0.25) is 0 Å². The van der Waals surface area contributed by atoms with Crippen LogP contribution in [0.2, 0.25) is 10.0 Å². The number of rotatable bonds is 3. The number of benzene rings is 1. The van der Waals surface area contributed by atoms with Gasteiger partial charge in [-0.05, 0) is 56.0 Å². The summed E-state index contributed by atoms with van der Waals surface area (Å²) in [6.45, 7) is 0. The van der Waals surface area contributed by atoms with Gasteiger partial charge in [0.15, 0.2) is 0 Å². The average Bonchev–Trinajstić information content (AvgIpc) is 2.71. The van der Waals surface area contributed by atoms with Crippen LogP contribution in [0.25, 0.3) is 0 Å². The Hall–Kier alpha value is -0.240. The quantitative estimate of drug-likeness (QED) is 0.866. The molecule has 0 spiro atoms. The van der Waals surface area contributed by atoms with Crippen LogP contribution in [0.3, 0.4) is 0 Å². The van der Waals surface area contributed by atoms with Crippen molar-refractivity contribution in [3.63, 3.8) is 0 Å². The summed E-state index contributed by atoms with van der Waals surface area (Å²) in [5, 5.41) is 5.01. The molecule has 1 nitrogen and oxygen atoms in total. The lowest BCUT2D eigenvalue weighted by Gasteiger charge is -2.19. The highest BCUT2D eigenvalue weighted by Crippen LogP contribution is 2.31. The highest BCUT2D eigenvalue weighted by Gasteiger charge is 2.26. The molecule has 0 heterocycles. The van der Waals surface area contributed by atoms with Crippen molar-refractivity contribution >= 4 is 23.2 Å². The summed E-state index contributed by atoms with van der Waals surface area (Å²) >= 11 is 12.2. The molecule has 1 aliphatic rings. The van der Waals surface area contributed by atoms with Gasteiger partial charge in [-0.2, -0.15) is 0 Å². The first-order chi connectivity index (χ1) is 7.70. The van der Waals surface area contributed by atoms with E-state index in [4.69, 9.17) is 23.2 Å². The molecule has 1 fully saturated rings. The molecule has 0 saturated heterocycles. The lowest BCUT2D eigenvalue weighted by Crippen LogP contribution is -2.30. The minimum absolute atomic E-state index is 0.634. The molecule has 1 aliphatic carbocycles. The van der Waals surface area contributed by atoms with Gasteiger partial charge in [-0.15, -0.1) is 0 Å². The Balaban J connectivity index is 2.11. The molecule has 1 aromatic carbocycles. The van der Waals surface area contributed by atoms with E-state index in [2.05, 4.69) is 5.32 Å². The number of halogens is 2. The lowest BCUT2D eigenvalue weighted by molar-refractivity contribution is 0.423. The second-order valence-electron chi connectivity index (χ2n) is 4.53. The fraction of sp³-hybridized carbons (Fsp3) is 0.538. The summed E-state index contributed by atoms with van der Waals surface area (Å²) in [6.07, 6.45) is 4.91. The highest BCUT2D eigenvalue weighted by atomic mass is 35.5. The van der Waals surface area contributed by atoms with Crippen molar-refractivity contribution in [2.24, 2.45) is 5.92 Å². The van der Waals surface area contributed by atoms with E-state index in [1.807, 2.05) is 25.2 Å². The fourth-order valence-corrected chi connectivity index (χ4v) is 3.03. The molecule has 2 unspecified atom stereocenters. The van der Waals surface area contributed by atoms with E-state index in [0.29, 0.717) is 12.0 Å².